The molecule has 0 radical (unpaired) electrons. The smallest absolute Gasteiger partial charge is 0.340 e. The van der Waals surface area contributed by atoms with Gasteiger partial charge in [-0.15, -0.1) is 0 Å². The Bertz CT molecular complexity index is 2310. The van der Waals surface area contributed by atoms with Crippen molar-refractivity contribution < 1.29 is 18.0 Å². The highest BCUT2D eigenvalue weighted by Gasteiger charge is 2.31. The van der Waals surface area contributed by atoms with Crippen LogP contribution in [0.1, 0.15) is 32.7 Å². The van der Waals surface area contributed by atoms with Crippen LogP contribution in [-0.4, -0.2) is 39.8 Å². The highest BCUT2D eigenvalue weighted by molar-refractivity contribution is 5.98. The fourth-order valence-electron chi connectivity index (χ4n) is 5.44. The first-order valence-corrected chi connectivity index (χ1v) is 15.2. The van der Waals surface area contributed by atoms with Crippen molar-refractivity contribution in [3.05, 3.63) is 138 Å². The van der Waals surface area contributed by atoms with Gasteiger partial charge in [0.15, 0.2) is 5.78 Å². The Balaban J connectivity index is 1.20. The molecule has 4 aromatic heterocycles. The molecule has 7 aromatic rings. The van der Waals surface area contributed by atoms with E-state index in [0.29, 0.717) is 45.6 Å². The number of nitrogens with zero attached hydrogens (tertiary/aromatic N) is 7. The maximum Gasteiger partial charge on any atom is 0.416 e. The van der Waals surface area contributed by atoms with Gasteiger partial charge in [0.2, 0.25) is 5.95 Å². The van der Waals surface area contributed by atoms with Gasteiger partial charge < -0.3 is 15.2 Å². The van der Waals surface area contributed by atoms with Gasteiger partial charge in [-0.25, -0.2) is 19.9 Å². The number of carbonyl (C=O) groups excluding carboxylic acids is 1. The number of carbonyl (C=O) groups is 1. The molecule has 0 aliphatic carbocycles. The first-order valence-electron chi connectivity index (χ1n) is 15.2. The number of halogens is 3. The molecule has 0 aliphatic heterocycles. The maximum absolute atomic E-state index is 13.8. The quantitative estimate of drug-likeness (QED) is 0.150. The van der Waals surface area contributed by atoms with E-state index in [2.05, 4.69) is 30.6 Å². The van der Waals surface area contributed by atoms with Crippen molar-refractivity contribution in [3.63, 3.8) is 0 Å². The molecule has 0 bridgehead atoms. The minimum atomic E-state index is -4.59. The first-order chi connectivity index (χ1) is 23.6. The predicted molar refractivity (Wildman–Crippen MR) is 180 cm³/mol. The van der Waals surface area contributed by atoms with Crippen LogP contribution in [0.25, 0.3) is 22.5 Å². The summed E-state index contributed by atoms with van der Waals surface area (Å²) in [5, 5.41) is 6.62. The van der Waals surface area contributed by atoms with Gasteiger partial charge >= 0.3 is 6.18 Å². The molecule has 0 aliphatic rings. The molecule has 3 aromatic carbocycles. The Morgan fingerprint density at radius 2 is 1.73 bits per heavy atom. The van der Waals surface area contributed by atoms with E-state index in [1.54, 1.807) is 66.5 Å². The molecule has 2 N–H and O–H groups in total. The molecule has 0 saturated heterocycles. The van der Waals surface area contributed by atoms with Gasteiger partial charge in [0.1, 0.15) is 18.0 Å². The molecule has 0 unspecified atom stereocenters. The third-order valence-electron chi connectivity index (χ3n) is 7.87. The first kappa shape index (κ1) is 31.2. The molecule has 10 nitrogen and oxygen atoms in total. The Hall–Kier alpha value is -6.37. The Morgan fingerprint density at radius 3 is 2.51 bits per heavy atom. The van der Waals surface area contributed by atoms with Crippen LogP contribution in [0.5, 0.6) is 0 Å². The Morgan fingerprint density at radius 1 is 0.898 bits per heavy atom. The van der Waals surface area contributed by atoms with Gasteiger partial charge in [-0.2, -0.15) is 13.2 Å². The maximum atomic E-state index is 13.8. The molecule has 244 valence electrons. The van der Waals surface area contributed by atoms with E-state index in [4.69, 9.17) is 4.98 Å². The van der Waals surface area contributed by atoms with Crippen molar-refractivity contribution in [2.24, 2.45) is 0 Å². The summed E-state index contributed by atoms with van der Waals surface area (Å²) >= 11 is 0. The van der Waals surface area contributed by atoms with Gasteiger partial charge in [0.25, 0.3) is 0 Å². The standard InChI is InChI=1S/C36H28F3N9O/c1-22-8-9-25(32(49)14-24-12-26(36(37,38)39)16-28(13-24)47-19-23(2)43-21-47)15-30(22)46-35-45-29-10-11-40-18-31(29)48(35)34-17-33(41-20-42-34)44-27-6-4-3-5-7-27/h3-13,15-21H,14H2,1-2H3,(H,45,46)(H,41,42,44). The van der Waals surface area contributed by atoms with Gasteiger partial charge in [0, 0.05) is 47.5 Å². The van der Waals surface area contributed by atoms with E-state index in [0.717, 1.165) is 23.4 Å². The normalized spacial score (nSPS) is 11.5. The van der Waals surface area contributed by atoms with E-state index >= 15 is 0 Å². The highest BCUT2D eigenvalue weighted by atomic mass is 19.4. The van der Waals surface area contributed by atoms with Crippen LogP contribution in [0.4, 0.5) is 36.3 Å². The molecule has 0 amide bonds. The second-order valence-electron chi connectivity index (χ2n) is 11.5. The monoisotopic (exact) mass is 659 g/mol. The summed E-state index contributed by atoms with van der Waals surface area (Å²) in [6.07, 6.45) is 3.02. The summed E-state index contributed by atoms with van der Waals surface area (Å²) in [6, 6.07) is 21.9. The summed E-state index contributed by atoms with van der Waals surface area (Å²) in [5.41, 5.74) is 4.25. The van der Waals surface area contributed by atoms with Crippen LogP contribution in [0, 0.1) is 13.8 Å². The van der Waals surface area contributed by atoms with Crippen molar-refractivity contribution in [2.45, 2.75) is 26.4 Å². The van der Waals surface area contributed by atoms with Crippen LogP contribution in [-0.2, 0) is 12.6 Å². The van der Waals surface area contributed by atoms with Crippen LogP contribution in [0.15, 0.2) is 110 Å². The molecule has 0 atom stereocenters. The zero-order chi connectivity index (χ0) is 34.1. The molecule has 49 heavy (non-hydrogen) atoms. The zero-order valence-electron chi connectivity index (χ0n) is 26.3. The third kappa shape index (κ3) is 6.72. The number of ketones is 1. The zero-order valence-corrected chi connectivity index (χ0v) is 26.3. The van der Waals surface area contributed by atoms with Crippen molar-refractivity contribution in [1.29, 1.82) is 0 Å². The lowest BCUT2D eigenvalue weighted by atomic mass is 9.99. The van der Waals surface area contributed by atoms with Crippen molar-refractivity contribution in [2.75, 3.05) is 10.6 Å². The van der Waals surface area contributed by atoms with Crippen LogP contribution in [0.3, 0.4) is 0 Å². The number of pyridine rings is 1. The molecule has 7 rings (SSSR count). The molecular weight excluding hydrogens is 631 g/mol. The molecule has 4 heterocycles. The second kappa shape index (κ2) is 12.7. The fraction of sp³-hybridized carbons (Fsp3) is 0.111. The van der Waals surface area contributed by atoms with Crippen LogP contribution >= 0.6 is 0 Å². The topological polar surface area (TPSA) is 115 Å². The van der Waals surface area contributed by atoms with Gasteiger partial charge in [-0.1, -0.05) is 30.3 Å². The minimum absolute atomic E-state index is 0.231. The van der Waals surface area contributed by atoms with Crippen LogP contribution < -0.4 is 10.6 Å². The van der Waals surface area contributed by atoms with E-state index in [1.807, 2.05) is 37.3 Å². The van der Waals surface area contributed by atoms with E-state index in [1.165, 1.54) is 17.2 Å². The highest BCUT2D eigenvalue weighted by Crippen LogP contribution is 2.33. The number of para-hydroxylation sites is 1. The summed E-state index contributed by atoms with van der Waals surface area (Å²) in [7, 11) is 0. The number of hydrogen-bond acceptors (Lipinski definition) is 8. The Kier molecular flexibility index (Phi) is 8.08. The number of rotatable bonds is 9. The number of aryl methyl sites for hydroxylation is 2. The number of Topliss-reactive ketones (excluding diaryl/α,β-unsaturated/α-hetero) is 1. The summed E-state index contributed by atoms with van der Waals surface area (Å²) < 4.78 is 44.8. The van der Waals surface area contributed by atoms with E-state index < -0.39 is 11.7 Å². The van der Waals surface area contributed by atoms with Crippen molar-refractivity contribution in [1.82, 2.24) is 34.1 Å². The number of anilines is 4. The SMILES string of the molecule is Cc1cn(-c2cc(CC(=O)c3ccc(C)c(Nc4nc5ccncc5n4-c4cc(Nc5ccccc5)ncn4)c3)cc(C(F)(F)F)c2)cn1. The molecule has 0 fully saturated rings. The van der Waals surface area contributed by atoms with E-state index in [-0.39, 0.29) is 23.5 Å². The predicted octanol–water partition coefficient (Wildman–Crippen LogP) is 7.94. The number of alkyl halides is 3. The second-order valence-corrected chi connectivity index (χ2v) is 11.5. The fourth-order valence-corrected chi connectivity index (χ4v) is 5.44. The number of aromatic nitrogens is 7. The molecule has 0 saturated carbocycles. The third-order valence-corrected chi connectivity index (χ3v) is 7.87. The Labute approximate surface area is 278 Å². The average molecular weight is 660 g/mol. The van der Waals surface area contributed by atoms with Crippen LogP contribution in [0.2, 0.25) is 0 Å². The lowest BCUT2D eigenvalue weighted by Crippen LogP contribution is -2.10. The average Bonchev–Trinajstić information content (AvgIpc) is 3.69. The number of nitrogens with one attached hydrogen (secondary N) is 2. The van der Waals surface area contributed by atoms with Gasteiger partial charge in [-0.3, -0.25) is 14.3 Å². The number of fused-ring (bicyclic) bond motifs is 1. The number of hydrogen-bond donors (Lipinski definition) is 2. The summed E-state index contributed by atoms with van der Waals surface area (Å²) in [4.78, 5) is 35.6. The molecule has 13 heteroatoms. The summed E-state index contributed by atoms with van der Waals surface area (Å²) in [5.74, 6) is 1.15. The largest absolute Gasteiger partial charge is 0.416 e. The van der Waals surface area contributed by atoms with E-state index in [9.17, 15) is 18.0 Å². The molecule has 0 spiro atoms. The lowest BCUT2D eigenvalue weighted by Gasteiger charge is -2.15. The molecular formula is C36H28F3N9O. The van der Waals surface area contributed by atoms with Gasteiger partial charge in [0.05, 0.1) is 34.8 Å². The lowest BCUT2D eigenvalue weighted by molar-refractivity contribution is -0.137. The number of benzene rings is 3. The van der Waals surface area contributed by atoms with Crippen molar-refractivity contribution >= 4 is 40.0 Å². The minimum Gasteiger partial charge on any atom is -0.340 e. The number of imidazole rings is 2. The summed E-state index contributed by atoms with van der Waals surface area (Å²) in [6.45, 7) is 3.63. The van der Waals surface area contributed by atoms with Crippen molar-refractivity contribution in [3.8, 4) is 11.5 Å². The van der Waals surface area contributed by atoms with Gasteiger partial charge in [-0.05, 0) is 67.4 Å².